The predicted molar refractivity (Wildman–Crippen MR) is 145 cm³/mol. The van der Waals surface area contributed by atoms with Crippen LogP contribution >= 0.6 is 0 Å². The lowest BCUT2D eigenvalue weighted by atomic mass is 9.58. The molecule has 0 atom stereocenters. The molecule has 1 saturated heterocycles. The topological polar surface area (TPSA) is 88.8 Å². The summed E-state index contributed by atoms with van der Waals surface area (Å²) in [6, 6.07) is 7.45. The zero-order chi connectivity index (χ0) is 24.1. The first-order valence-electron chi connectivity index (χ1n) is 11.4. The minimum Gasteiger partial charge on any atom is -0.377 e. The number of pyridine rings is 3. The number of hydrogen-bond acceptors (Lipinski definition) is 6. The van der Waals surface area contributed by atoms with Crippen LogP contribution in [0.15, 0.2) is 55.4 Å². The summed E-state index contributed by atoms with van der Waals surface area (Å²) in [6.07, 6.45) is 10.9. The summed E-state index contributed by atoms with van der Waals surface area (Å²) in [5.74, 6) is 1.09. The Bertz CT molecular complexity index is 1390. The van der Waals surface area contributed by atoms with Gasteiger partial charge in [-0.2, -0.15) is 0 Å². The summed E-state index contributed by atoms with van der Waals surface area (Å²) in [7, 11) is 10.8. The molecule has 1 fully saturated rings. The molecule has 0 bridgehead atoms. The fraction of sp³-hybridized carbons (Fsp3) is 0.227. The van der Waals surface area contributed by atoms with Gasteiger partial charge in [0.05, 0.1) is 23.9 Å². The van der Waals surface area contributed by atoms with E-state index in [1.807, 2.05) is 29.8 Å². The Labute approximate surface area is 202 Å². The summed E-state index contributed by atoms with van der Waals surface area (Å²) in [4.78, 5) is 33.1. The number of rotatable bonds is 4. The van der Waals surface area contributed by atoms with Crippen LogP contribution in [0.25, 0.3) is 22.2 Å². The van der Waals surface area contributed by atoms with Crippen molar-refractivity contribution in [1.29, 1.82) is 0 Å². The lowest BCUT2D eigenvalue weighted by Gasteiger charge is -2.43. The second kappa shape index (κ2) is 8.04. The van der Waals surface area contributed by atoms with Gasteiger partial charge in [0.15, 0.2) is 0 Å². The van der Waals surface area contributed by atoms with Gasteiger partial charge in [-0.1, -0.05) is 0 Å². The Morgan fingerprint density at radius 3 is 2.41 bits per heavy atom. The Morgan fingerprint density at radius 1 is 0.971 bits per heavy atom. The summed E-state index contributed by atoms with van der Waals surface area (Å²) >= 11 is 0. The van der Waals surface area contributed by atoms with Crippen molar-refractivity contribution in [3.8, 4) is 11.4 Å². The molecule has 166 valence electrons. The monoisotopic (exact) mass is 447 g/mol. The Hall–Kier alpha value is -3.55. The molecule has 0 unspecified atom stereocenters. The lowest BCUT2D eigenvalue weighted by Crippen LogP contribution is -2.56. The van der Waals surface area contributed by atoms with Gasteiger partial charge >= 0.3 is 0 Å². The fourth-order valence-electron chi connectivity index (χ4n) is 5.00. The molecule has 0 radical (unpaired) electrons. The van der Waals surface area contributed by atoms with Crippen molar-refractivity contribution < 1.29 is 4.79 Å². The number of nitrogens with zero attached hydrogens (tertiary/aromatic N) is 6. The van der Waals surface area contributed by atoms with E-state index in [-0.39, 0.29) is 16.6 Å². The van der Waals surface area contributed by atoms with Gasteiger partial charge in [-0.05, 0) is 53.2 Å². The molecule has 5 heterocycles. The first-order valence-corrected chi connectivity index (χ1v) is 11.4. The number of anilines is 2. The van der Waals surface area contributed by atoms with E-state index in [9.17, 15) is 4.79 Å². The first kappa shape index (κ1) is 22.3. The molecule has 4 aromatic heterocycles. The third-order valence-electron chi connectivity index (χ3n) is 6.72. The molecule has 1 aliphatic rings. The Kier molecular flexibility index (Phi) is 5.26. The summed E-state index contributed by atoms with van der Waals surface area (Å²) < 4.78 is 1.92. The molecule has 0 aliphatic carbocycles. The Balaban J connectivity index is 1.42. The van der Waals surface area contributed by atoms with Crippen molar-refractivity contribution in [2.75, 3.05) is 10.2 Å². The van der Waals surface area contributed by atoms with E-state index in [2.05, 4.69) is 61.5 Å². The molecule has 0 saturated carbocycles. The number of carbonyl (C=O) groups excluding carboxylic acids is 1. The number of nitrogens with one attached hydrogen (secondary N) is 1. The third-order valence-corrected chi connectivity index (χ3v) is 6.72. The zero-order valence-electron chi connectivity index (χ0n) is 20.2. The minimum atomic E-state index is -0.216. The van der Waals surface area contributed by atoms with Crippen LogP contribution in [0.3, 0.4) is 0 Å². The van der Waals surface area contributed by atoms with Gasteiger partial charge in [0.1, 0.15) is 43.0 Å². The van der Waals surface area contributed by atoms with Crippen LogP contribution in [0, 0.1) is 0 Å². The molecule has 1 amide bonds. The van der Waals surface area contributed by atoms with Crippen LogP contribution < -0.4 is 10.2 Å². The molecule has 12 heteroatoms. The number of fused-ring (bicyclic) bond motifs is 1. The molecular weight excluding hydrogens is 422 g/mol. The van der Waals surface area contributed by atoms with E-state index in [0.29, 0.717) is 11.4 Å². The smallest absolute Gasteiger partial charge is 0.257 e. The zero-order valence-corrected chi connectivity index (χ0v) is 20.2. The molecular formula is C22H25B4N7O. The number of imidazole rings is 1. The number of aromatic nitrogens is 5. The molecule has 0 spiro atoms. The molecule has 34 heavy (non-hydrogen) atoms. The molecule has 8 nitrogen and oxygen atoms in total. The highest BCUT2D eigenvalue weighted by molar-refractivity contribution is 6.48. The van der Waals surface area contributed by atoms with Gasteiger partial charge in [-0.15, -0.1) is 0 Å². The number of hydrogen-bond donors (Lipinski definition) is 1. The molecule has 1 N–H and O–H groups in total. The van der Waals surface area contributed by atoms with Crippen molar-refractivity contribution in [2.24, 2.45) is 7.05 Å². The van der Waals surface area contributed by atoms with Crippen LogP contribution in [0.2, 0.25) is 0 Å². The van der Waals surface area contributed by atoms with Crippen LogP contribution in [0.4, 0.5) is 11.6 Å². The van der Waals surface area contributed by atoms with Gasteiger partial charge < -0.3 is 14.8 Å². The molecule has 1 aliphatic heterocycles. The van der Waals surface area contributed by atoms with Crippen LogP contribution in [-0.2, 0) is 7.05 Å². The largest absolute Gasteiger partial charge is 0.377 e. The summed E-state index contributed by atoms with van der Waals surface area (Å²) in [5, 5.41) is 4.73. The average molecular weight is 447 g/mol. The average Bonchev–Trinajstić information content (AvgIpc) is 3.32. The van der Waals surface area contributed by atoms with Crippen LogP contribution in [-0.4, -0.2) is 72.5 Å². The van der Waals surface area contributed by atoms with Crippen molar-refractivity contribution in [2.45, 2.75) is 23.5 Å². The highest BCUT2D eigenvalue weighted by Crippen LogP contribution is 2.37. The normalized spacial score (nSPS) is 16.6. The standard InChI is InChI=1S/C22H25B4N7O/c1-32-12-27-11-17(32)16-6-14-7-18(30-10-15(14)9-29-16)31-20(34)13-2-5-28-19(8-13)33-21(23,24)3-4-22(33,25)26/h2,5-12H,3-4,23-26H2,1H3,(H,30,31,34). The number of aryl methyl sites for hydroxylation is 1. The quantitative estimate of drug-likeness (QED) is 0.410. The van der Waals surface area contributed by atoms with Gasteiger partial charge in [-0.3, -0.25) is 9.78 Å². The van der Waals surface area contributed by atoms with Gasteiger partial charge in [0, 0.05) is 36.6 Å². The van der Waals surface area contributed by atoms with Crippen molar-refractivity contribution >= 4 is 59.7 Å². The maximum Gasteiger partial charge on any atom is 0.257 e. The Morgan fingerprint density at radius 2 is 1.71 bits per heavy atom. The maximum absolute atomic E-state index is 13.1. The van der Waals surface area contributed by atoms with Crippen molar-refractivity contribution in [1.82, 2.24) is 24.5 Å². The summed E-state index contributed by atoms with van der Waals surface area (Å²) in [5.41, 5.74) is 2.28. The maximum atomic E-state index is 13.1. The van der Waals surface area contributed by atoms with Gasteiger partial charge in [0.25, 0.3) is 5.91 Å². The van der Waals surface area contributed by atoms with E-state index >= 15 is 0 Å². The second-order valence-corrected chi connectivity index (χ2v) is 10.2. The van der Waals surface area contributed by atoms with Gasteiger partial charge in [-0.25, -0.2) is 15.0 Å². The SMILES string of the molecule is BC1(B)CCC(B)(B)N1c1cc(C(=O)Nc2cc3cc(-c4cncn4C)ncc3cn2)ccn1. The fourth-order valence-corrected chi connectivity index (χ4v) is 5.00. The minimum absolute atomic E-state index is 0.0227. The highest BCUT2D eigenvalue weighted by Gasteiger charge is 2.44. The van der Waals surface area contributed by atoms with Crippen LogP contribution in [0.5, 0.6) is 0 Å². The predicted octanol–water partition coefficient (Wildman–Crippen LogP) is -0.882. The third kappa shape index (κ3) is 3.97. The molecule has 4 aromatic rings. The van der Waals surface area contributed by atoms with E-state index in [1.54, 1.807) is 37.2 Å². The lowest BCUT2D eigenvalue weighted by molar-refractivity contribution is 0.102. The van der Waals surface area contributed by atoms with Crippen molar-refractivity contribution in [3.05, 3.63) is 60.9 Å². The summed E-state index contributed by atoms with van der Waals surface area (Å²) in [6.45, 7) is 0. The van der Waals surface area contributed by atoms with E-state index in [1.165, 1.54) is 0 Å². The molecule has 0 aromatic carbocycles. The van der Waals surface area contributed by atoms with E-state index in [4.69, 9.17) is 0 Å². The highest BCUT2D eigenvalue weighted by atomic mass is 16.1. The van der Waals surface area contributed by atoms with Crippen LogP contribution in [0.1, 0.15) is 23.2 Å². The number of carbonyl (C=O) groups is 1. The van der Waals surface area contributed by atoms with Crippen molar-refractivity contribution in [3.63, 3.8) is 0 Å². The van der Waals surface area contributed by atoms with E-state index in [0.717, 1.165) is 40.8 Å². The second-order valence-electron chi connectivity index (χ2n) is 10.2. The van der Waals surface area contributed by atoms with E-state index < -0.39 is 0 Å². The first-order chi connectivity index (χ1) is 16.1. The van der Waals surface area contributed by atoms with Gasteiger partial charge in [0.2, 0.25) is 0 Å². The number of amides is 1. The molecule has 5 rings (SSSR count).